The summed E-state index contributed by atoms with van der Waals surface area (Å²) in [5.41, 5.74) is 10.1. The number of aromatic amines is 1. The Morgan fingerprint density at radius 1 is 1.43 bits per heavy atom. The van der Waals surface area contributed by atoms with Gasteiger partial charge in [0.2, 0.25) is 0 Å². The van der Waals surface area contributed by atoms with E-state index in [-0.39, 0.29) is 0 Å². The van der Waals surface area contributed by atoms with Crippen molar-refractivity contribution >= 4 is 49.6 Å². The van der Waals surface area contributed by atoms with Crippen LogP contribution >= 0.6 is 15.9 Å². The summed E-state index contributed by atoms with van der Waals surface area (Å²) >= 11 is 3.39. The number of nitrogens with one attached hydrogen (secondary N) is 1. The third-order valence-electron chi connectivity index (χ3n) is 4.05. The fourth-order valence-corrected chi connectivity index (χ4v) is 3.43. The third kappa shape index (κ3) is 1.80. The lowest BCUT2D eigenvalue weighted by Crippen LogP contribution is -2.10. The Balaban J connectivity index is 2.34. The van der Waals surface area contributed by atoms with Gasteiger partial charge in [-0.25, -0.2) is 4.98 Å². The summed E-state index contributed by atoms with van der Waals surface area (Å²) in [4.78, 5) is 19.8. The standard InChI is InChI=1S/C16H13BrN4O2/c1-7-3-4-10(23-2)12-13(7)21-15-9(5-8(17)6-19-15)11(14(18)22)16(21)20-12/h3-6,20H,1-2H3,(H2,18,22). The molecule has 0 atom stereocenters. The summed E-state index contributed by atoms with van der Waals surface area (Å²) in [7, 11) is 1.61. The molecule has 0 aliphatic heterocycles. The van der Waals surface area contributed by atoms with Crippen LogP contribution < -0.4 is 10.5 Å². The summed E-state index contributed by atoms with van der Waals surface area (Å²) in [6, 6.07) is 5.72. The number of benzene rings is 1. The highest BCUT2D eigenvalue weighted by Crippen LogP contribution is 2.35. The maximum atomic E-state index is 12.0. The van der Waals surface area contributed by atoms with Crippen molar-refractivity contribution in [2.75, 3.05) is 7.11 Å². The van der Waals surface area contributed by atoms with Gasteiger partial charge in [0.05, 0.1) is 18.2 Å². The Morgan fingerprint density at radius 2 is 2.22 bits per heavy atom. The molecule has 0 aliphatic rings. The van der Waals surface area contributed by atoms with Gasteiger partial charge < -0.3 is 15.5 Å². The summed E-state index contributed by atoms with van der Waals surface area (Å²) in [6.45, 7) is 2.00. The van der Waals surface area contributed by atoms with Gasteiger partial charge in [0.1, 0.15) is 22.6 Å². The van der Waals surface area contributed by atoms with Gasteiger partial charge in [-0.3, -0.25) is 9.20 Å². The first-order valence-corrected chi connectivity index (χ1v) is 7.77. The van der Waals surface area contributed by atoms with Crippen LogP contribution in [0.1, 0.15) is 15.9 Å². The van der Waals surface area contributed by atoms with Gasteiger partial charge in [-0.1, -0.05) is 6.07 Å². The molecule has 1 aromatic carbocycles. The van der Waals surface area contributed by atoms with Crippen LogP contribution in [-0.2, 0) is 0 Å². The Bertz CT molecular complexity index is 1110. The number of aryl methyl sites for hydroxylation is 1. The fraction of sp³-hybridized carbons (Fsp3) is 0.125. The maximum absolute atomic E-state index is 12.0. The van der Waals surface area contributed by atoms with Crippen molar-refractivity contribution in [2.45, 2.75) is 6.92 Å². The van der Waals surface area contributed by atoms with Gasteiger partial charge >= 0.3 is 0 Å². The van der Waals surface area contributed by atoms with Crippen LogP contribution in [0.4, 0.5) is 0 Å². The van der Waals surface area contributed by atoms with Crippen LogP contribution in [0.25, 0.3) is 27.7 Å². The first-order chi connectivity index (χ1) is 11.0. The molecule has 3 N–H and O–H groups in total. The molecule has 1 amide bonds. The number of nitrogens with zero attached hydrogens (tertiary/aromatic N) is 2. The second-order valence-corrected chi connectivity index (χ2v) is 6.30. The number of carbonyl (C=O) groups is 1. The van der Waals surface area contributed by atoms with Gasteiger partial charge in [0.15, 0.2) is 0 Å². The first-order valence-electron chi connectivity index (χ1n) is 6.97. The highest BCUT2D eigenvalue weighted by molar-refractivity contribution is 9.10. The topological polar surface area (TPSA) is 85.4 Å². The number of halogens is 1. The monoisotopic (exact) mass is 372 g/mol. The molecule has 0 saturated heterocycles. The van der Waals surface area contributed by atoms with Crippen LogP contribution in [0.15, 0.2) is 28.9 Å². The molecule has 3 aromatic heterocycles. The Morgan fingerprint density at radius 3 is 2.91 bits per heavy atom. The fourth-order valence-electron chi connectivity index (χ4n) is 3.10. The molecule has 7 heteroatoms. The van der Waals surface area contributed by atoms with Crippen molar-refractivity contribution in [3.8, 4) is 5.75 Å². The normalized spacial score (nSPS) is 11.6. The minimum atomic E-state index is -0.499. The molecule has 0 spiro atoms. The van der Waals surface area contributed by atoms with E-state index in [9.17, 15) is 4.79 Å². The Kier molecular flexibility index (Phi) is 2.89. The van der Waals surface area contributed by atoms with Gasteiger partial charge in [0, 0.05) is 16.1 Å². The number of primary amides is 1. The number of fused-ring (bicyclic) bond motifs is 5. The van der Waals surface area contributed by atoms with E-state index in [1.807, 2.05) is 29.5 Å². The zero-order valence-corrected chi connectivity index (χ0v) is 14.1. The van der Waals surface area contributed by atoms with E-state index in [0.29, 0.717) is 28.0 Å². The number of nitrogens with two attached hydrogens (primary N) is 1. The molecular formula is C16H13BrN4O2. The van der Waals surface area contributed by atoms with E-state index in [0.717, 1.165) is 21.1 Å². The summed E-state index contributed by atoms with van der Waals surface area (Å²) < 4.78 is 8.14. The smallest absolute Gasteiger partial charge is 0.253 e. The molecule has 4 rings (SSSR count). The number of aromatic nitrogens is 3. The highest BCUT2D eigenvalue weighted by atomic mass is 79.9. The van der Waals surface area contributed by atoms with Gasteiger partial charge in [-0.15, -0.1) is 0 Å². The number of rotatable bonds is 2. The van der Waals surface area contributed by atoms with E-state index in [4.69, 9.17) is 10.5 Å². The number of methoxy groups -OCH3 is 1. The molecule has 4 aromatic rings. The minimum Gasteiger partial charge on any atom is -0.494 e. The lowest BCUT2D eigenvalue weighted by molar-refractivity contribution is 0.100. The minimum absolute atomic E-state index is 0.423. The molecule has 0 saturated carbocycles. The number of ether oxygens (including phenoxy) is 1. The molecule has 0 aliphatic carbocycles. The van der Waals surface area contributed by atoms with Crippen molar-refractivity contribution in [1.29, 1.82) is 0 Å². The first kappa shape index (κ1) is 14.1. The summed E-state index contributed by atoms with van der Waals surface area (Å²) in [6.07, 6.45) is 1.70. The lowest BCUT2D eigenvalue weighted by Gasteiger charge is -2.04. The number of imidazole rings is 1. The van der Waals surface area contributed by atoms with Crippen LogP contribution in [0.5, 0.6) is 5.75 Å². The molecule has 116 valence electrons. The predicted octanol–water partition coefficient (Wildman–Crippen LogP) is 3.15. The molecule has 0 bridgehead atoms. The lowest BCUT2D eigenvalue weighted by atomic mass is 10.2. The quantitative estimate of drug-likeness (QED) is 0.566. The largest absolute Gasteiger partial charge is 0.494 e. The van der Waals surface area contributed by atoms with Gasteiger partial charge in [-0.2, -0.15) is 0 Å². The van der Waals surface area contributed by atoms with Crippen LogP contribution in [0, 0.1) is 6.92 Å². The summed E-state index contributed by atoms with van der Waals surface area (Å²) in [5.74, 6) is 0.204. The summed E-state index contributed by atoms with van der Waals surface area (Å²) in [5, 5.41) is 0.710. The molecule has 3 heterocycles. The highest BCUT2D eigenvalue weighted by Gasteiger charge is 2.22. The average Bonchev–Trinajstić information content (AvgIpc) is 3.01. The average molecular weight is 373 g/mol. The maximum Gasteiger partial charge on any atom is 0.253 e. The molecule has 6 nitrogen and oxygen atoms in total. The molecule has 0 radical (unpaired) electrons. The third-order valence-corrected chi connectivity index (χ3v) is 4.48. The molecule has 23 heavy (non-hydrogen) atoms. The molecule has 0 fully saturated rings. The van der Waals surface area contributed by atoms with Crippen LogP contribution in [0.2, 0.25) is 0 Å². The van der Waals surface area contributed by atoms with Gasteiger partial charge in [-0.05, 0) is 40.5 Å². The van der Waals surface area contributed by atoms with E-state index in [1.165, 1.54) is 0 Å². The number of hydrogen-bond donors (Lipinski definition) is 2. The van der Waals surface area contributed by atoms with Crippen LogP contribution in [0.3, 0.4) is 0 Å². The van der Waals surface area contributed by atoms with Crippen molar-refractivity contribution in [2.24, 2.45) is 5.73 Å². The second-order valence-electron chi connectivity index (χ2n) is 5.38. The van der Waals surface area contributed by atoms with Gasteiger partial charge in [0.25, 0.3) is 5.91 Å². The van der Waals surface area contributed by atoms with E-state index in [1.54, 1.807) is 13.3 Å². The Hall–Kier alpha value is -2.54. The second kappa shape index (κ2) is 4.73. The number of pyridine rings is 1. The van der Waals surface area contributed by atoms with E-state index in [2.05, 4.69) is 25.9 Å². The number of H-pyrrole nitrogens is 1. The predicted molar refractivity (Wildman–Crippen MR) is 92.1 cm³/mol. The zero-order valence-electron chi connectivity index (χ0n) is 12.5. The van der Waals surface area contributed by atoms with Crippen LogP contribution in [-0.4, -0.2) is 27.4 Å². The number of amides is 1. The number of hydrogen-bond acceptors (Lipinski definition) is 3. The van der Waals surface area contributed by atoms with E-state index < -0.39 is 5.91 Å². The van der Waals surface area contributed by atoms with Crippen molar-refractivity contribution < 1.29 is 9.53 Å². The van der Waals surface area contributed by atoms with Crippen molar-refractivity contribution in [3.05, 3.63) is 40.0 Å². The Labute approximate surface area is 139 Å². The van der Waals surface area contributed by atoms with Crippen molar-refractivity contribution in [3.63, 3.8) is 0 Å². The zero-order chi connectivity index (χ0) is 16.3. The van der Waals surface area contributed by atoms with E-state index >= 15 is 0 Å². The molecular weight excluding hydrogens is 360 g/mol. The molecule has 0 unspecified atom stereocenters. The number of carbonyl (C=O) groups excluding carboxylic acids is 1. The van der Waals surface area contributed by atoms with Crippen molar-refractivity contribution in [1.82, 2.24) is 14.4 Å². The SMILES string of the molecule is COc1ccc(C)c2c1[nH]c1c(C(N)=O)c3cc(Br)cnc3n12.